The van der Waals surface area contributed by atoms with Crippen LogP contribution in [0.3, 0.4) is 0 Å². The maximum Gasteiger partial charge on any atom is 0.306 e. The minimum Gasteiger partial charge on any atom is -0.462 e. The van der Waals surface area contributed by atoms with Gasteiger partial charge in [0.05, 0.1) is 0 Å². The van der Waals surface area contributed by atoms with E-state index in [0.29, 0.717) is 19.3 Å². The molecular formula is C68H120O6. The van der Waals surface area contributed by atoms with Gasteiger partial charge in [-0.2, -0.15) is 0 Å². The molecule has 0 spiro atoms. The van der Waals surface area contributed by atoms with Crippen LogP contribution in [0.2, 0.25) is 0 Å². The molecule has 0 amide bonds. The third-order valence-electron chi connectivity index (χ3n) is 13.9. The van der Waals surface area contributed by atoms with Crippen molar-refractivity contribution in [1.29, 1.82) is 0 Å². The van der Waals surface area contributed by atoms with Crippen molar-refractivity contribution in [2.24, 2.45) is 0 Å². The van der Waals surface area contributed by atoms with Crippen LogP contribution in [0.4, 0.5) is 0 Å². The first-order valence-corrected chi connectivity index (χ1v) is 31.9. The van der Waals surface area contributed by atoms with Gasteiger partial charge in [-0.05, 0) is 89.9 Å². The highest BCUT2D eigenvalue weighted by Gasteiger charge is 2.19. The fraction of sp³-hybridized carbons (Fsp3) is 0.779. The summed E-state index contributed by atoms with van der Waals surface area (Å²) in [6.45, 7) is 6.54. The zero-order chi connectivity index (χ0) is 53.6. The Morgan fingerprint density at radius 2 is 0.527 bits per heavy atom. The van der Waals surface area contributed by atoms with Gasteiger partial charge in [-0.3, -0.25) is 14.4 Å². The summed E-state index contributed by atoms with van der Waals surface area (Å²) in [6, 6.07) is 0. The van der Waals surface area contributed by atoms with Crippen LogP contribution in [-0.2, 0) is 28.6 Å². The first-order valence-electron chi connectivity index (χ1n) is 31.9. The summed E-state index contributed by atoms with van der Waals surface area (Å²) in [4.78, 5) is 38.3. The molecule has 0 saturated heterocycles. The van der Waals surface area contributed by atoms with Gasteiger partial charge in [0.15, 0.2) is 6.10 Å². The Morgan fingerprint density at radius 3 is 0.851 bits per heavy atom. The predicted octanol–water partition coefficient (Wildman–Crippen LogP) is 21.7. The standard InChI is InChI=1S/C68H120O6/c1-4-7-10-13-16-19-22-25-28-31-33-34-36-37-40-43-46-49-52-55-58-61-67(70)73-64-65(63-72-66(69)60-57-54-51-48-45-42-39-30-27-24-21-18-15-12-9-6-3)74-68(71)62-59-56-53-50-47-44-41-38-35-32-29-26-23-20-17-14-11-8-5-2/h8,11,17,20,26,29,31,33,35,38,44,47,65H,4-7,9-10,12-16,18-19,21-25,27-28,30,32,34,36-37,39-43,45-46,48-64H2,1-3H3/b11-8-,20-17-,29-26-,33-31-,38-35-,47-44-. The summed E-state index contributed by atoms with van der Waals surface area (Å²) in [6.07, 6.45) is 80.5. The van der Waals surface area contributed by atoms with Gasteiger partial charge in [0.2, 0.25) is 0 Å². The number of carbonyl (C=O) groups excluding carboxylic acids is 3. The Balaban J connectivity index is 4.40. The number of esters is 3. The predicted molar refractivity (Wildman–Crippen MR) is 321 cm³/mol. The second-order valence-corrected chi connectivity index (χ2v) is 21.3. The van der Waals surface area contributed by atoms with E-state index in [2.05, 4.69) is 93.7 Å². The molecule has 0 saturated carbocycles. The molecule has 0 rings (SSSR count). The molecule has 74 heavy (non-hydrogen) atoms. The largest absolute Gasteiger partial charge is 0.462 e. The molecule has 0 bridgehead atoms. The van der Waals surface area contributed by atoms with Crippen molar-refractivity contribution in [3.8, 4) is 0 Å². The minimum atomic E-state index is -0.793. The Kier molecular flexibility index (Phi) is 59.7. The molecular weight excluding hydrogens is 913 g/mol. The summed E-state index contributed by atoms with van der Waals surface area (Å²) in [5.74, 6) is -0.905. The molecule has 0 aromatic carbocycles. The summed E-state index contributed by atoms with van der Waals surface area (Å²) in [7, 11) is 0. The topological polar surface area (TPSA) is 78.9 Å². The smallest absolute Gasteiger partial charge is 0.306 e. The zero-order valence-corrected chi connectivity index (χ0v) is 49.1. The van der Waals surface area contributed by atoms with E-state index >= 15 is 0 Å². The highest BCUT2D eigenvalue weighted by atomic mass is 16.6. The van der Waals surface area contributed by atoms with Crippen LogP contribution in [0.1, 0.15) is 323 Å². The molecule has 1 atom stereocenters. The lowest BCUT2D eigenvalue weighted by atomic mass is 10.0. The van der Waals surface area contributed by atoms with Crippen molar-refractivity contribution in [2.45, 2.75) is 329 Å². The van der Waals surface area contributed by atoms with E-state index in [-0.39, 0.29) is 31.1 Å². The van der Waals surface area contributed by atoms with Gasteiger partial charge in [-0.1, -0.05) is 286 Å². The van der Waals surface area contributed by atoms with Gasteiger partial charge in [-0.25, -0.2) is 0 Å². The fourth-order valence-corrected chi connectivity index (χ4v) is 9.17. The Bertz CT molecular complexity index is 1370. The summed E-state index contributed by atoms with van der Waals surface area (Å²) >= 11 is 0. The van der Waals surface area contributed by atoms with Gasteiger partial charge < -0.3 is 14.2 Å². The van der Waals surface area contributed by atoms with E-state index in [1.54, 1.807) is 0 Å². The highest BCUT2D eigenvalue weighted by molar-refractivity contribution is 5.71. The molecule has 6 nitrogen and oxygen atoms in total. The van der Waals surface area contributed by atoms with Crippen molar-refractivity contribution in [3.05, 3.63) is 72.9 Å². The molecule has 0 fully saturated rings. The summed E-state index contributed by atoms with van der Waals surface area (Å²) in [5, 5.41) is 0. The van der Waals surface area contributed by atoms with E-state index in [9.17, 15) is 14.4 Å². The molecule has 0 aliphatic carbocycles. The molecule has 428 valence electrons. The normalized spacial score (nSPS) is 12.5. The molecule has 0 aromatic heterocycles. The van der Waals surface area contributed by atoms with Gasteiger partial charge in [0.25, 0.3) is 0 Å². The van der Waals surface area contributed by atoms with Gasteiger partial charge >= 0.3 is 17.9 Å². The third kappa shape index (κ3) is 59.7. The van der Waals surface area contributed by atoms with Crippen LogP contribution in [0.25, 0.3) is 0 Å². The van der Waals surface area contributed by atoms with E-state index in [1.807, 2.05) is 0 Å². The molecule has 0 heterocycles. The first kappa shape index (κ1) is 70.8. The number of allylic oxidation sites excluding steroid dienone is 12. The second-order valence-electron chi connectivity index (χ2n) is 21.3. The number of hydrogen-bond acceptors (Lipinski definition) is 6. The number of carbonyl (C=O) groups is 3. The summed E-state index contributed by atoms with van der Waals surface area (Å²) < 4.78 is 16.9. The fourth-order valence-electron chi connectivity index (χ4n) is 9.17. The molecule has 6 heteroatoms. The van der Waals surface area contributed by atoms with E-state index < -0.39 is 6.10 Å². The third-order valence-corrected chi connectivity index (χ3v) is 13.9. The molecule has 0 N–H and O–H groups in total. The average Bonchev–Trinajstić information content (AvgIpc) is 3.40. The van der Waals surface area contributed by atoms with Crippen LogP contribution in [0.5, 0.6) is 0 Å². The van der Waals surface area contributed by atoms with Crippen LogP contribution in [-0.4, -0.2) is 37.2 Å². The van der Waals surface area contributed by atoms with Crippen molar-refractivity contribution in [2.75, 3.05) is 13.2 Å². The zero-order valence-electron chi connectivity index (χ0n) is 49.1. The highest BCUT2D eigenvalue weighted by Crippen LogP contribution is 2.17. The van der Waals surface area contributed by atoms with Gasteiger partial charge in [0, 0.05) is 19.3 Å². The lowest BCUT2D eigenvalue weighted by molar-refractivity contribution is -0.167. The van der Waals surface area contributed by atoms with Crippen LogP contribution in [0.15, 0.2) is 72.9 Å². The van der Waals surface area contributed by atoms with Crippen LogP contribution >= 0.6 is 0 Å². The first-order chi connectivity index (χ1) is 36.5. The maximum atomic E-state index is 12.9. The van der Waals surface area contributed by atoms with Crippen molar-refractivity contribution in [3.63, 3.8) is 0 Å². The van der Waals surface area contributed by atoms with Crippen molar-refractivity contribution in [1.82, 2.24) is 0 Å². The van der Waals surface area contributed by atoms with E-state index in [0.717, 1.165) is 96.3 Å². The second kappa shape index (κ2) is 62.4. The Labute approximate surface area is 459 Å². The minimum absolute atomic E-state index is 0.0865. The number of unbranched alkanes of at least 4 members (excludes halogenated alkanes) is 35. The van der Waals surface area contributed by atoms with Gasteiger partial charge in [0.1, 0.15) is 13.2 Å². The number of hydrogen-bond donors (Lipinski definition) is 0. The SMILES string of the molecule is CC/C=C\C/C=C\C/C=C\C/C=C\C/C=C\CCCCCC(=O)OC(COC(=O)CCCCCCCCCCC/C=C\CCCCCCCCCC)COC(=O)CCCCCCCCCCCCCCCCCC. The molecule has 1 unspecified atom stereocenters. The number of ether oxygens (including phenoxy) is 3. The van der Waals surface area contributed by atoms with E-state index in [4.69, 9.17) is 14.2 Å². The van der Waals surface area contributed by atoms with Crippen molar-refractivity contribution >= 4 is 17.9 Å². The van der Waals surface area contributed by atoms with Crippen LogP contribution in [0, 0.1) is 0 Å². The quantitative estimate of drug-likeness (QED) is 0.0261. The molecule has 0 aliphatic heterocycles. The van der Waals surface area contributed by atoms with E-state index in [1.165, 1.54) is 186 Å². The molecule has 0 aliphatic rings. The summed E-state index contributed by atoms with van der Waals surface area (Å²) in [5.41, 5.74) is 0. The molecule has 0 radical (unpaired) electrons. The monoisotopic (exact) mass is 1030 g/mol. The van der Waals surface area contributed by atoms with Crippen LogP contribution < -0.4 is 0 Å². The Hall–Kier alpha value is -3.15. The average molecular weight is 1030 g/mol. The maximum absolute atomic E-state index is 12.9. The van der Waals surface area contributed by atoms with Crippen molar-refractivity contribution < 1.29 is 28.6 Å². The lowest BCUT2D eigenvalue weighted by Crippen LogP contribution is -2.30. The molecule has 0 aromatic rings. The Morgan fingerprint density at radius 1 is 0.284 bits per heavy atom. The lowest BCUT2D eigenvalue weighted by Gasteiger charge is -2.18. The number of rotatable bonds is 58. The van der Waals surface area contributed by atoms with Gasteiger partial charge in [-0.15, -0.1) is 0 Å².